The summed E-state index contributed by atoms with van der Waals surface area (Å²) in [5.41, 5.74) is 0. The highest BCUT2D eigenvalue weighted by Crippen LogP contribution is 2.49. The Morgan fingerprint density at radius 3 is 2.12 bits per heavy atom. The normalized spacial score (nSPS) is 23.7. The van der Waals surface area contributed by atoms with Gasteiger partial charge >= 0.3 is 0 Å². The second-order valence-corrected chi connectivity index (χ2v) is 10.2. The van der Waals surface area contributed by atoms with Gasteiger partial charge < -0.3 is 24.1 Å². The summed E-state index contributed by atoms with van der Waals surface area (Å²) in [6.07, 6.45) is 4.44. The molecule has 0 aliphatic carbocycles. The van der Waals surface area contributed by atoms with Gasteiger partial charge in [0, 0.05) is 0 Å². The lowest BCUT2D eigenvalue weighted by Crippen LogP contribution is -2.48. The van der Waals surface area contributed by atoms with Crippen LogP contribution in [-0.4, -0.2) is 65.1 Å². The molecule has 1 aromatic rings. The average Bonchev–Trinajstić information content (AvgIpc) is 2.96. The zero-order chi connectivity index (χ0) is 19.4. The standard InChI is InChI=1S/C18H28O5S3/c1-17(2)22-14(11-21-13-9-7-12(20-3)8-10-13)15(23-17)16(19)18(24-4,25-5)26-6/h7-10,14-16,19H,11H2,1-6H3/t14-,15+,16+/m1/s1. The van der Waals surface area contributed by atoms with Crippen LogP contribution >= 0.6 is 35.3 Å². The number of aliphatic hydroxyl groups is 1. The molecule has 1 fully saturated rings. The number of methoxy groups -OCH3 is 1. The summed E-state index contributed by atoms with van der Waals surface area (Å²) < 4.78 is 22.7. The molecule has 2 rings (SSSR count). The first-order valence-electron chi connectivity index (χ1n) is 8.27. The van der Waals surface area contributed by atoms with Gasteiger partial charge in [0.2, 0.25) is 0 Å². The Balaban J connectivity index is 2.11. The maximum atomic E-state index is 11.1. The molecule has 8 heteroatoms. The predicted molar refractivity (Wildman–Crippen MR) is 112 cm³/mol. The molecular weight excluding hydrogens is 392 g/mol. The van der Waals surface area contributed by atoms with Gasteiger partial charge in [0.1, 0.15) is 39.8 Å². The van der Waals surface area contributed by atoms with Crippen LogP contribution in [0.1, 0.15) is 13.8 Å². The first kappa shape index (κ1) is 22.0. The van der Waals surface area contributed by atoms with Crippen LogP contribution in [0.5, 0.6) is 11.5 Å². The Bertz CT molecular complexity index is 554. The van der Waals surface area contributed by atoms with Gasteiger partial charge in [-0.15, -0.1) is 35.3 Å². The first-order chi connectivity index (χ1) is 12.3. The molecule has 0 radical (unpaired) electrons. The van der Waals surface area contributed by atoms with E-state index < -0.39 is 21.4 Å². The number of hydrogen-bond acceptors (Lipinski definition) is 8. The highest BCUT2D eigenvalue weighted by Gasteiger charge is 2.52. The molecule has 1 aliphatic heterocycles. The largest absolute Gasteiger partial charge is 0.497 e. The molecule has 0 saturated carbocycles. The summed E-state index contributed by atoms with van der Waals surface area (Å²) in [4.78, 5) is 0. The van der Waals surface area contributed by atoms with Gasteiger partial charge in [0.05, 0.1) is 7.11 Å². The Morgan fingerprint density at radius 1 is 1.08 bits per heavy atom. The van der Waals surface area contributed by atoms with E-state index in [2.05, 4.69) is 0 Å². The first-order valence-corrected chi connectivity index (χ1v) is 11.9. The van der Waals surface area contributed by atoms with E-state index in [1.54, 1.807) is 42.4 Å². The number of hydrogen-bond donors (Lipinski definition) is 1. The fraction of sp³-hybridized carbons (Fsp3) is 0.667. The van der Waals surface area contributed by atoms with Gasteiger partial charge in [0.15, 0.2) is 5.79 Å². The second-order valence-electron chi connectivity index (χ2n) is 6.29. The van der Waals surface area contributed by atoms with Crippen molar-refractivity contribution >= 4 is 35.3 Å². The molecule has 1 heterocycles. The zero-order valence-electron chi connectivity index (χ0n) is 16.1. The summed E-state index contributed by atoms with van der Waals surface area (Å²) in [5, 5.41) is 11.1. The maximum Gasteiger partial charge on any atom is 0.164 e. The van der Waals surface area contributed by atoms with Gasteiger partial charge in [-0.1, -0.05) is 0 Å². The van der Waals surface area contributed by atoms with E-state index in [9.17, 15) is 5.11 Å². The van der Waals surface area contributed by atoms with E-state index in [1.807, 2.05) is 56.9 Å². The summed E-state index contributed by atoms with van der Waals surface area (Å²) in [6, 6.07) is 7.39. The highest BCUT2D eigenvalue weighted by atomic mass is 32.3. The van der Waals surface area contributed by atoms with Crippen molar-refractivity contribution in [2.24, 2.45) is 0 Å². The minimum Gasteiger partial charge on any atom is -0.497 e. The average molecular weight is 421 g/mol. The van der Waals surface area contributed by atoms with Crippen molar-refractivity contribution < 1.29 is 24.1 Å². The van der Waals surface area contributed by atoms with E-state index in [4.69, 9.17) is 18.9 Å². The van der Waals surface area contributed by atoms with E-state index in [0.29, 0.717) is 6.61 Å². The molecule has 0 spiro atoms. The molecule has 0 amide bonds. The van der Waals surface area contributed by atoms with Crippen molar-refractivity contribution in [1.82, 2.24) is 0 Å². The fourth-order valence-electron chi connectivity index (χ4n) is 2.92. The summed E-state index contributed by atoms with van der Waals surface area (Å²) in [6.45, 7) is 4.02. The molecule has 1 saturated heterocycles. The minimum absolute atomic E-state index is 0.296. The molecule has 0 unspecified atom stereocenters. The van der Waals surface area contributed by atoms with Crippen molar-refractivity contribution in [3.8, 4) is 11.5 Å². The second kappa shape index (κ2) is 9.30. The zero-order valence-corrected chi connectivity index (χ0v) is 18.5. The van der Waals surface area contributed by atoms with Crippen LogP contribution in [0.3, 0.4) is 0 Å². The van der Waals surface area contributed by atoms with Crippen LogP contribution in [0.4, 0.5) is 0 Å². The number of thioether (sulfide) groups is 3. The lowest BCUT2D eigenvalue weighted by Gasteiger charge is -2.37. The molecule has 1 aromatic carbocycles. The predicted octanol–water partition coefficient (Wildman–Crippen LogP) is 3.70. The van der Waals surface area contributed by atoms with Crippen LogP contribution in [-0.2, 0) is 9.47 Å². The van der Waals surface area contributed by atoms with Crippen LogP contribution in [0, 0.1) is 0 Å². The third-order valence-corrected chi connectivity index (χ3v) is 9.65. The fourth-order valence-corrected chi connectivity index (χ4v) is 6.05. The quantitative estimate of drug-likeness (QED) is 0.607. The summed E-state index contributed by atoms with van der Waals surface area (Å²) in [5.74, 6) is 0.732. The van der Waals surface area contributed by atoms with E-state index in [1.165, 1.54) is 0 Å². The van der Waals surface area contributed by atoms with Gasteiger partial charge in [0.25, 0.3) is 0 Å². The molecule has 5 nitrogen and oxygen atoms in total. The third-order valence-electron chi connectivity index (χ3n) is 4.22. The van der Waals surface area contributed by atoms with E-state index in [0.717, 1.165) is 11.5 Å². The van der Waals surface area contributed by atoms with E-state index in [-0.39, 0.29) is 6.10 Å². The SMILES string of the molecule is COc1ccc(OC[C@H]2OC(C)(C)O[C@@H]2[C@H](O)C(SC)(SC)SC)cc1. The van der Waals surface area contributed by atoms with Crippen LogP contribution in [0.25, 0.3) is 0 Å². The van der Waals surface area contributed by atoms with Crippen molar-refractivity contribution in [3.05, 3.63) is 24.3 Å². The van der Waals surface area contributed by atoms with E-state index >= 15 is 0 Å². The maximum absolute atomic E-state index is 11.1. The topological polar surface area (TPSA) is 57.2 Å². The van der Waals surface area contributed by atoms with Crippen molar-refractivity contribution in [3.63, 3.8) is 0 Å². The van der Waals surface area contributed by atoms with Crippen molar-refractivity contribution in [2.75, 3.05) is 32.5 Å². The molecule has 1 aliphatic rings. The van der Waals surface area contributed by atoms with Gasteiger partial charge in [-0.25, -0.2) is 0 Å². The van der Waals surface area contributed by atoms with Crippen molar-refractivity contribution in [1.29, 1.82) is 0 Å². The highest BCUT2D eigenvalue weighted by molar-refractivity contribution is 8.33. The molecule has 26 heavy (non-hydrogen) atoms. The van der Waals surface area contributed by atoms with Crippen LogP contribution in [0.2, 0.25) is 0 Å². The molecular formula is C18H28O5S3. The van der Waals surface area contributed by atoms with Gasteiger partial charge in [-0.2, -0.15) is 0 Å². The molecule has 3 atom stereocenters. The Kier molecular flexibility index (Phi) is 7.88. The number of benzene rings is 1. The smallest absolute Gasteiger partial charge is 0.164 e. The van der Waals surface area contributed by atoms with Gasteiger partial charge in [-0.3, -0.25) is 0 Å². The minimum atomic E-state index is -0.763. The third kappa shape index (κ3) is 4.97. The van der Waals surface area contributed by atoms with Crippen LogP contribution in [0.15, 0.2) is 24.3 Å². The Hall–Kier alpha value is -0.250. The molecule has 148 valence electrons. The summed E-state index contributed by atoms with van der Waals surface area (Å²) >= 11 is 4.86. The van der Waals surface area contributed by atoms with Crippen LogP contribution < -0.4 is 9.47 Å². The molecule has 0 bridgehead atoms. The molecule has 0 aromatic heterocycles. The monoisotopic (exact) mass is 420 g/mol. The Morgan fingerprint density at radius 2 is 1.62 bits per heavy atom. The number of rotatable bonds is 9. The number of aliphatic hydroxyl groups excluding tert-OH is 1. The summed E-state index contributed by atoms with van der Waals surface area (Å²) in [7, 11) is 1.63. The lowest BCUT2D eigenvalue weighted by molar-refractivity contribution is -0.155. The van der Waals surface area contributed by atoms with Gasteiger partial charge in [-0.05, 0) is 56.9 Å². The van der Waals surface area contributed by atoms with Crippen molar-refractivity contribution in [2.45, 2.75) is 41.4 Å². The lowest BCUT2D eigenvalue weighted by atomic mass is 10.1. The molecule has 1 N–H and O–H groups in total. The Labute approximate surface area is 168 Å². The number of ether oxygens (including phenoxy) is 4.